The number of piperidine rings is 1. The number of carbonyl (C=O) groups is 1. The van der Waals surface area contributed by atoms with Gasteiger partial charge in [-0.05, 0) is 104 Å². The fourth-order valence-electron chi connectivity index (χ4n) is 7.26. The molecule has 3 unspecified atom stereocenters. The number of alkyl halides is 2. The number of amides is 1. The Kier molecular flexibility index (Phi) is 8.32. The van der Waals surface area contributed by atoms with Crippen molar-refractivity contribution in [3.8, 4) is 5.75 Å². The summed E-state index contributed by atoms with van der Waals surface area (Å²) in [5.41, 5.74) is -0.415. The van der Waals surface area contributed by atoms with Crippen molar-refractivity contribution < 1.29 is 26.7 Å². The Bertz CT molecular complexity index is 1600. The molecule has 3 aliphatic rings. The van der Waals surface area contributed by atoms with Gasteiger partial charge in [0.1, 0.15) is 5.75 Å². The summed E-state index contributed by atoms with van der Waals surface area (Å²) in [6.07, 6.45) is 7.46. The first-order valence-electron chi connectivity index (χ1n) is 15.1. The Balaban J connectivity index is 1.35. The largest absolute Gasteiger partial charge is 0.490 e. The Morgan fingerprint density at radius 1 is 0.953 bits per heavy atom. The van der Waals surface area contributed by atoms with Crippen molar-refractivity contribution in [2.24, 2.45) is 5.92 Å². The molecule has 1 aliphatic carbocycles. The highest BCUT2D eigenvalue weighted by atomic mass is 79.9. The Morgan fingerprint density at radius 3 is 2.21 bits per heavy atom. The number of halogens is 3. The maximum Gasteiger partial charge on any atom is 0.298 e. The van der Waals surface area contributed by atoms with Crippen LogP contribution in [0.25, 0.3) is 10.8 Å². The average molecular weight is 676 g/mol. The maximum atomic E-state index is 16.5. The summed E-state index contributed by atoms with van der Waals surface area (Å²) < 4.78 is 68.4. The molecule has 43 heavy (non-hydrogen) atoms. The van der Waals surface area contributed by atoms with Crippen LogP contribution in [0.2, 0.25) is 0 Å². The Morgan fingerprint density at radius 2 is 1.56 bits per heavy atom. The van der Waals surface area contributed by atoms with Crippen LogP contribution in [-0.4, -0.2) is 54.8 Å². The molecule has 0 spiro atoms. The number of carbonyl (C=O) groups excluding carboxylic acids is 1. The van der Waals surface area contributed by atoms with Crippen LogP contribution in [0.15, 0.2) is 70.0 Å². The van der Waals surface area contributed by atoms with Gasteiger partial charge in [-0.3, -0.25) is 4.79 Å². The summed E-state index contributed by atoms with van der Waals surface area (Å²) in [6, 6.07) is 12.9. The van der Waals surface area contributed by atoms with Gasteiger partial charge in [0.15, 0.2) is 6.04 Å². The number of hydrogen-bond acceptors (Lipinski definition) is 4. The van der Waals surface area contributed by atoms with Crippen LogP contribution in [0.5, 0.6) is 5.75 Å². The van der Waals surface area contributed by atoms with Gasteiger partial charge in [-0.1, -0.05) is 47.1 Å². The van der Waals surface area contributed by atoms with Crippen molar-refractivity contribution in [2.75, 3.05) is 7.05 Å². The summed E-state index contributed by atoms with van der Waals surface area (Å²) in [4.78, 5) is 15.6. The average Bonchev–Trinajstić information content (AvgIpc) is 3.58. The number of fused-ring (bicyclic) bond motifs is 3. The molecule has 1 saturated carbocycles. The fraction of sp³-hybridized carbons (Fsp3) is 0.485. The van der Waals surface area contributed by atoms with E-state index < -0.39 is 33.5 Å². The van der Waals surface area contributed by atoms with E-state index in [1.54, 1.807) is 17.0 Å². The zero-order valence-corrected chi connectivity index (χ0v) is 26.8. The molecule has 10 heteroatoms. The molecular formula is C33H37BrF2N2O4S. The van der Waals surface area contributed by atoms with Crippen molar-refractivity contribution in [3.63, 3.8) is 0 Å². The van der Waals surface area contributed by atoms with Gasteiger partial charge in [0.2, 0.25) is 15.9 Å². The molecule has 230 valence electrons. The second-order valence-electron chi connectivity index (χ2n) is 12.5. The normalized spacial score (nSPS) is 23.7. The van der Waals surface area contributed by atoms with E-state index in [4.69, 9.17) is 4.74 Å². The summed E-state index contributed by atoms with van der Waals surface area (Å²) in [7, 11) is -3.40. The van der Waals surface area contributed by atoms with Gasteiger partial charge in [0, 0.05) is 29.2 Å². The molecule has 3 aromatic rings. The van der Waals surface area contributed by atoms with E-state index in [0.29, 0.717) is 20.1 Å². The summed E-state index contributed by atoms with van der Waals surface area (Å²) in [5, 5.41) is 1.42. The predicted octanol–water partition coefficient (Wildman–Crippen LogP) is 7.49. The first-order chi connectivity index (χ1) is 20.4. The minimum absolute atomic E-state index is 0.147. The lowest BCUT2D eigenvalue weighted by Gasteiger charge is -2.42. The van der Waals surface area contributed by atoms with Crippen molar-refractivity contribution in [1.82, 2.24) is 9.21 Å². The molecule has 3 atom stereocenters. The minimum Gasteiger partial charge on any atom is -0.490 e. The van der Waals surface area contributed by atoms with Crippen LogP contribution in [0.4, 0.5) is 8.78 Å². The zero-order chi connectivity index (χ0) is 30.5. The van der Waals surface area contributed by atoms with Gasteiger partial charge in [-0.25, -0.2) is 8.42 Å². The molecule has 2 aliphatic heterocycles. The monoisotopic (exact) mass is 674 g/mol. The van der Waals surface area contributed by atoms with Gasteiger partial charge < -0.3 is 9.64 Å². The highest BCUT2D eigenvalue weighted by molar-refractivity contribution is 9.10. The smallest absolute Gasteiger partial charge is 0.298 e. The van der Waals surface area contributed by atoms with Crippen LogP contribution in [0.1, 0.15) is 63.9 Å². The van der Waals surface area contributed by atoms with Gasteiger partial charge in [0.25, 0.3) is 5.92 Å². The van der Waals surface area contributed by atoms with Gasteiger partial charge >= 0.3 is 0 Å². The number of rotatable bonds is 8. The van der Waals surface area contributed by atoms with Gasteiger partial charge in [-0.2, -0.15) is 13.1 Å². The summed E-state index contributed by atoms with van der Waals surface area (Å²) >= 11 is 3.27. The molecule has 0 N–H and O–H groups in total. The van der Waals surface area contributed by atoms with E-state index in [1.165, 1.54) is 36.4 Å². The van der Waals surface area contributed by atoms with Gasteiger partial charge in [-0.15, -0.1) is 0 Å². The van der Waals surface area contributed by atoms with E-state index in [1.807, 2.05) is 12.1 Å². The molecule has 2 saturated heterocycles. The number of benzene rings is 3. The van der Waals surface area contributed by atoms with Crippen LogP contribution < -0.4 is 4.74 Å². The van der Waals surface area contributed by atoms with Crippen LogP contribution in [-0.2, 0) is 20.7 Å². The predicted molar refractivity (Wildman–Crippen MR) is 166 cm³/mol. The topological polar surface area (TPSA) is 66.9 Å². The first kappa shape index (κ1) is 30.5. The molecular weight excluding hydrogens is 638 g/mol. The standard InChI is InChI=1S/C33H37BrF2N2O4S/c1-21-17-26-13-14-27(18-21)38(26)32(39)31(33(35,36)24-9-11-25(34)12-10-24)37(2)43(40,41)30-16-8-22-19-29(15-7-23(22)20-30)42-28-5-3-4-6-28/h7-12,15-16,19-21,26-28,31H,3-6,13-14,17-18H2,1-2H3. The molecule has 0 radical (unpaired) electrons. The molecule has 2 bridgehead atoms. The molecule has 3 aromatic carbocycles. The van der Waals surface area contributed by atoms with E-state index in [9.17, 15) is 13.2 Å². The second-order valence-corrected chi connectivity index (χ2v) is 15.4. The van der Waals surface area contributed by atoms with Crippen molar-refractivity contribution in [1.29, 1.82) is 0 Å². The molecule has 6 rings (SSSR count). The molecule has 1 amide bonds. The number of likely N-dealkylation sites (N-methyl/N-ethyl adjacent to an activating group) is 1. The van der Waals surface area contributed by atoms with Crippen LogP contribution >= 0.6 is 15.9 Å². The highest BCUT2D eigenvalue weighted by Crippen LogP contribution is 2.43. The number of sulfonamides is 1. The third-order valence-corrected chi connectivity index (χ3v) is 11.8. The number of hydrogen-bond donors (Lipinski definition) is 0. The SMILES string of the molecule is CC1CC2CCC(C1)N2C(=O)C(N(C)S(=O)(=O)c1ccc2cc(OC3CCCC3)ccc2c1)C(F)(F)c1ccc(Br)cc1. The lowest BCUT2D eigenvalue weighted by molar-refractivity contribution is -0.155. The first-order valence-corrected chi connectivity index (χ1v) is 17.3. The number of nitrogens with zero attached hydrogens (tertiary/aromatic N) is 2. The maximum absolute atomic E-state index is 16.5. The van der Waals surface area contributed by atoms with Gasteiger partial charge in [0.05, 0.1) is 11.0 Å². The van der Waals surface area contributed by atoms with Crippen molar-refractivity contribution >= 4 is 42.6 Å². The quantitative estimate of drug-likeness (QED) is 0.248. The zero-order valence-electron chi connectivity index (χ0n) is 24.4. The third kappa shape index (κ3) is 5.82. The molecule has 0 aromatic heterocycles. The number of ether oxygens (including phenoxy) is 1. The fourth-order valence-corrected chi connectivity index (χ4v) is 8.87. The lowest BCUT2D eigenvalue weighted by Crippen LogP contribution is -2.60. The Labute approximate surface area is 260 Å². The molecule has 6 nitrogen and oxygen atoms in total. The minimum atomic E-state index is -4.50. The van der Waals surface area contributed by atoms with Crippen LogP contribution in [0, 0.1) is 5.92 Å². The van der Waals surface area contributed by atoms with E-state index in [0.717, 1.165) is 69.5 Å². The lowest BCUT2D eigenvalue weighted by atomic mass is 9.90. The summed E-state index contributed by atoms with van der Waals surface area (Å²) in [6.45, 7) is 2.11. The third-order valence-electron chi connectivity index (χ3n) is 9.46. The van der Waals surface area contributed by atoms with E-state index >= 15 is 8.78 Å². The molecule has 2 heterocycles. The Hall–Kier alpha value is -2.56. The highest BCUT2D eigenvalue weighted by Gasteiger charge is 2.56. The van der Waals surface area contributed by atoms with E-state index in [-0.39, 0.29) is 23.1 Å². The second kappa shape index (κ2) is 11.7. The summed E-state index contributed by atoms with van der Waals surface area (Å²) in [5.74, 6) is -3.52. The van der Waals surface area contributed by atoms with Crippen molar-refractivity contribution in [2.45, 2.75) is 93.3 Å². The van der Waals surface area contributed by atoms with E-state index in [2.05, 4.69) is 22.9 Å². The molecule has 3 fully saturated rings. The van der Waals surface area contributed by atoms with Crippen LogP contribution in [0.3, 0.4) is 0 Å². The van der Waals surface area contributed by atoms with Crippen molar-refractivity contribution in [3.05, 3.63) is 70.7 Å².